The van der Waals surface area contributed by atoms with Gasteiger partial charge in [0.15, 0.2) is 0 Å². The van der Waals surface area contributed by atoms with E-state index in [-0.39, 0.29) is 5.56 Å². The number of aromatic nitrogens is 3. The van der Waals surface area contributed by atoms with Gasteiger partial charge < -0.3 is 11.1 Å². The van der Waals surface area contributed by atoms with Crippen molar-refractivity contribution in [3.8, 4) is 11.1 Å². The van der Waals surface area contributed by atoms with Crippen molar-refractivity contribution in [2.75, 3.05) is 18.9 Å². The molecule has 3 aromatic rings. The van der Waals surface area contributed by atoms with Crippen molar-refractivity contribution in [3.63, 3.8) is 0 Å². The number of hydrogen-bond acceptors (Lipinski definition) is 5. The van der Waals surface area contributed by atoms with Gasteiger partial charge in [0.1, 0.15) is 5.65 Å². The number of aryl methyl sites for hydroxylation is 1. The van der Waals surface area contributed by atoms with E-state index in [9.17, 15) is 4.79 Å². The summed E-state index contributed by atoms with van der Waals surface area (Å²) in [5.74, 6) is 0.487. The van der Waals surface area contributed by atoms with Gasteiger partial charge in [0.25, 0.3) is 5.56 Å². The molecule has 0 radical (unpaired) electrons. The Morgan fingerprint density at radius 1 is 1.19 bits per heavy atom. The van der Waals surface area contributed by atoms with Gasteiger partial charge in [-0.2, -0.15) is 4.98 Å². The Morgan fingerprint density at radius 2 is 2.00 bits per heavy atom. The topological polar surface area (TPSA) is 85.8 Å². The largest absolute Gasteiger partial charge is 0.357 e. The van der Waals surface area contributed by atoms with Crippen LogP contribution in [-0.2, 0) is 6.54 Å². The molecule has 0 saturated heterocycles. The van der Waals surface area contributed by atoms with Crippen LogP contribution in [0.4, 0.5) is 5.95 Å². The minimum absolute atomic E-state index is 0.0749. The second-order valence-corrected chi connectivity index (χ2v) is 7.63. The first-order chi connectivity index (χ1) is 12.5. The quantitative estimate of drug-likeness (QED) is 0.524. The van der Waals surface area contributed by atoms with E-state index in [4.69, 9.17) is 5.73 Å². The fraction of sp³-hybridized carbons (Fsp3) is 0.278. The molecule has 8 heteroatoms. The smallest absolute Gasteiger partial charge is 0.260 e. The van der Waals surface area contributed by atoms with Crippen LogP contribution in [0.25, 0.3) is 22.2 Å². The number of fused-ring (bicyclic) bond motifs is 1. The summed E-state index contributed by atoms with van der Waals surface area (Å²) in [7, 11) is 1.75. The summed E-state index contributed by atoms with van der Waals surface area (Å²) in [5.41, 5.74) is 7.60. The Balaban J connectivity index is 2.26. The molecule has 136 valence electrons. The Morgan fingerprint density at radius 3 is 2.73 bits per heavy atom. The number of rotatable bonds is 6. The zero-order valence-electron chi connectivity index (χ0n) is 14.3. The number of hydrogen-bond donors (Lipinski definition) is 2. The standard InChI is InChI=1S/C18H19Br2N5O/c1-22-18-23-10-11-8-14(13-9-12(19)4-5-15(13)20)17(26)25(16(11)24-18)7-3-2-6-21/h4-5,8-10H,2-3,6-7,21H2,1H3,(H,22,23,24). The zero-order valence-corrected chi connectivity index (χ0v) is 17.5. The minimum Gasteiger partial charge on any atom is -0.357 e. The van der Waals surface area contributed by atoms with Gasteiger partial charge in [-0.3, -0.25) is 9.36 Å². The Hall–Kier alpha value is -1.77. The summed E-state index contributed by atoms with van der Waals surface area (Å²) in [6, 6.07) is 7.63. The summed E-state index contributed by atoms with van der Waals surface area (Å²) in [6.45, 7) is 1.16. The van der Waals surface area contributed by atoms with Crippen molar-refractivity contribution in [2.24, 2.45) is 5.73 Å². The number of benzene rings is 1. The predicted molar refractivity (Wildman–Crippen MR) is 112 cm³/mol. The van der Waals surface area contributed by atoms with Gasteiger partial charge >= 0.3 is 0 Å². The number of anilines is 1. The summed E-state index contributed by atoms with van der Waals surface area (Å²) >= 11 is 7.03. The van der Waals surface area contributed by atoms with E-state index in [0.717, 1.165) is 32.7 Å². The van der Waals surface area contributed by atoms with Crippen molar-refractivity contribution in [2.45, 2.75) is 19.4 Å². The Bertz CT molecular complexity index is 1000. The molecule has 0 amide bonds. The predicted octanol–water partition coefficient (Wildman–Crippen LogP) is 3.76. The second kappa shape index (κ2) is 8.28. The van der Waals surface area contributed by atoms with Crippen LogP contribution in [-0.4, -0.2) is 28.1 Å². The molecule has 2 heterocycles. The summed E-state index contributed by atoms with van der Waals surface area (Å²) < 4.78 is 3.49. The van der Waals surface area contributed by atoms with Gasteiger partial charge in [-0.05, 0) is 43.7 Å². The van der Waals surface area contributed by atoms with E-state index in [1.165, 1.54) is 0 Å². The zero-order chi connectivity index (χ0) is 18.7. The number of nitrogens with one attached hydrogen (secondary N) is 1. The highest BCUT2D eigenvalue weighted by Crippen LogP contribution is 2.30. The van der Waals surface area contributed by atoms with E-state index < -0.39 is 0 Å². The van der Waals surface area contributed by atoms with Crippen molar-refractivity contribution in [1.82, 2.24) is 14.5 Å². The molecular formula is C18H19Br2N5O. The van der Waals surface area contributed by atoms with Gasteiger partial charge in [0.2, 0.25) is 5.95 Å². The van der Waals surface area contributed by atoms with Gasteiger partial charge in [-0.25, -0.2) is 4.98 Å². The maximum Gasteiger partial charge on any atom is 0.260 e. The molecule has 0 spiro atoms. The Labute approximate surface area is 168 Å². The minimum atomic E-state index is -0.0749. The van der Waals surface area contributed by atoms with Crippen molar-refractivity contribution in [3.05, 3.63) is 49.8 Å². The molecule has 0 aliphatic carbocycles. The van der Waals surface area contributed by atoms with Crippen LogP contribution >= 0.6 is 31.9 Å². The van der Waals surface area contributed by atoms with Crippen LogP contribution in [0.15, 0.2) is 44.2 Å². The lowest BCUT2D eigenvalue weighted by molar-refractivity contribution is 0.611. The lowest BCUT2D eigenvalue weighted by Gasteiger charge is -2.14. The molecule has 3 N–H and O–H groups in total. The van der Waals surface area contributed by atoms with Crippen LogP contribution < -0.4 is 16.6 Å². The van der Waals surface area contributed by atoms with Crippen molar-refractivity contribution >= 4 is 48.8 Å². The maximum atomic E-state index is 13.3. The van der Waals surface area contributed by atoms with E-state index in [1.54, 1.807) is 17.8 Å². The van der Waals surface area contributed by atoms with E-state index in [1.807, 2.05) is 24.3 Å². The summed E-state index contributed by atoms with van der Waals surface area (Å²) in [5, 5.41) is 3.74. The highest BCUT2D eigenvalue weighted by atomic mass is 79.9. The summed E-state index contributed by atoms with van der Waals surface area (Å²) in [4.78, 5) is 22.0. The molecule has 3 rings (SSSR count). The number of nitrogens with zero attached hydrogens (tertiary/aromatic N) is 3. The average molecular weight is 481 g/mol. The lowest BCUT2D eigenvalue weighted by Crippen LogP contribution is -2.24. The van der Waals surface area contributed by atoms with Crippen molar-refractivity contribution < 1.29 is 0 Å². The van der Waals surface area contributed by atoms with Crippen LogP contribution in [0.1, 0.15) is 12.8 Å². The third kappa shape index (κ3) is 3.82. The molecule has 0 unspecified atom stereocenters. The van der Waals surface area contributed by atoms with Crippen molar-refractivity contribution in [1.29, 1.82) is 0 Å². The van der Waals surface area contributed by atoms with E-state index >= 15 is 0 Å². The fourth-order valence-corrected chi connectivity index (χ4v) is 3.62. The van der Waals surface area contributed by atoms with Gasteiger partial charge in [-0.15, -0.1) is 0 Å². The molecule has 1 aromatic carbocycles. The van der Waals surface area contributed by atoms with Gasteiger partial charge in [0.05, 0.1) is 0 Å². The lowest BCUT2D eigenvalue weighted by atomic mass is 10.1. The number of pyridine rings is 1. The highest BCUT2D eigenvalue weighted by molar-refractivity contribution is 9.11. The number of unbranched alkanes of at least 4 members (excludes halogenated alkanes) is 1. The molecule has 0 bridgehead atoms. The van der Waals surface area contributed by atoms with Crippen LogP contribution in [0.3, 0.4) is 0 Å². The van der Waals surface area contributed by atoms with Gasteiger partial charge in [0, 0.05) is 45.2 Å². The molecule has 0 fully saturated rings. The number of halogens is 2. The normalized spacial score (nSPS) is 11.1. The molecule has 2 aromatic heterocycles. The van der Waals surface area contributed by atoms with Crippen LogP contribution in [0, 0.1) is 0 Å². The van der Waals surface area contributed by atoms with E-state index in [2.05, 4.69) is 47.1 Å². The average Bonchev–Trinajstić information content (AvgIpc) is 2.65. The monoisotopic (exact) mass is 479 g/mol. The molecule has 6 nitrogen and oxygen atoms in total. The highest BCUT2D eigenvalue weighted by Gasteiger charge is 2.15. The summed E-state index contributed by atoms with van der Waals surface area (Å²) in [6.07, 6.45) is 3.40. The maximum absolute atomic E-state index is 13.3. The molecule has 0 aliphatic rings. The SMILES string of the molecule is CNc1ncc2cc(-c3cc(Br)ccc3Br)c(=O)n(CCCCN)c2n1. The molecular weight excluding hydrogens is 462 g/mol. The molecule has 26 heavy (non-hydrogen) atoms. The third-order valence-electron chi connectivity index (χ3n) is 4.11. The molecule has 0 saturated carbocycles. The van der Waals surface area contributed by atoms with Crippen LogP contribution in [0.5, 0.6) is 0 Å². The second-order valence-electron chi connectivity index (χ2n) is 5.86. The fourth-order valence-electron chi connectivity index (χ4n) is 2.80. The molecule has 0 aliphatic heterocycles. The van der Waals surface area contributed by atoms with Gasteiger partial charge in [-0.1, -0.05) is 31.9 Å². The first-order valence-corrected chi connectivity index (χ1v) is 9.87. The Kier molecular flexibility index (Phi) is 6.05. The first-order valence-electron chi connectivity index (χ1n) is 8.29. The third-order valence-corrected chi connectivity index (χ3v) is 5.29. The van der Waals surface area contributed by atoms with Crippen LogP contribution in [0.2, 0.25) is 0 Å². The number of nitrogens with two attached hydrogens (primary N) is 1. The first kappa shape index (κ1) is 19.0. The molecule has 0 atom stereocenters. The van der Waals surface area contributed by atoms with E-state index in [0.29, 0.717) is 30.2 Å².